The molecule has 0 radical (unpaired) electrons. The molecule has 3 amide bonds. The molecule has 2 fully saturated rings. The van der Waals surface area contributed by atoms with Gasteiger partial charge in [0.15, 0.2) is 0 Å². The molecule has 2 atom stereocenters. The number of nitrogens with zero attached hydrogens (tertiary/aromatic N) is 1. The van der Waals surface area contributed by atoms with Crippen LogP contribution in [-0.2, 0) is 4.79 Å². The molecule has 1 aliphatic heterocycles. The highest BCUT2D eigenvalue weighted by Gasteiger charge is 2.35. The Balaban J connectivity index is 1.42. The Morgan fingerprint density at radius 2 is 1.80 bits per heavy atom. The number of rotatable bonds is 4. The Morgan fingerprint density at radius 1 is 1.08 bits per heavy atom. The number of carbonyl (C=O) groups is 2. The van der Waals surface area contributed by atoms with Crippen molar-refractivity contribution in [2.45, 2.75) is 51.0 Å². The fourth-order valence-electron chi connectivity index (χ4n) is 4.07. The number of fused-ring (bicyclic) bond motifs is 1. The SMILES string of the molecule is O=C(NCCC(=O)N1CCCC2CCCCC21)Nc1ccc(F)cc1. The normalized spacial score (nSPS) is 22.8. The number of nitrogens with one attached hydrogen (secondary N) is 2. The third-order valence-electron chi connectivity index (χ3n) is 5.29. The van der Waals surface area contributed by atoms with Crippen LogP contribution in [0.1, 0.15) is 44.9 Å². The first-order chi connectivity index (χ1) is 12.1. The lowest BCUT2D eigenvalue weighted by atomic mass is 9.78. The lowest BCUT2D eigenvalue weighted by molar-refractivity contribution is -0.137. The van der Waals surface area contributed by atoms with Crippen LogP contribution in [0, 0.1) is 11.7 Å². The number of urea groups is 1. The molecule has 1 saturated heterocycles. The van der Waals surface area contributed by atoms with Crippen molar-refractivity contribution >= 4 is 17.6 Å². The van der Waals surface area contributed by atoms with Crippen LogP contribution >= 0.6 is 0 Å². The van der Waals surface area contributed by atoms with Gasteiger partial charge in [-0.3, -0.25) is 4.79 Å². The van der Waals surface area contributed by atoms with Gasteiger partial charge in [0, 0.05) is 31.2 Å². The van der Waals surface area contributed by atoms with E-state index in [0.717, 1.165) is 19.4 Å². The van der Waals surface area contributed by atoms with Crippen LogP contribution < -0.4 is 10.6 Å². The number of anilines is 1. The molecule has 1 aliphatic carbocycles. The van der Waals surface area contributed by atoms with E-state index in [1.165, 1.54) is 49.9 Å². The molecule has 1 aromatic carbocycles. The second-order valence-corrected chi connectivity index (χ2v) is 6.98. The first-order valence-corrected chi connectivity index (χ1v) is 9.23. The highest BCUT2D eigenvalue weighted by atomic mass is 19.1. The number of piperidine rings is 1. The standard InChI is InChI=1S/C19H26FN3O2/c20-15-7-9-16(10-8-15)22-19(25)21-12-11-18(24)23-13-3-5-14-4-1-2-6-17(14)23/h7-10,14,17H,1-6,11-13H2,(H2,21,22,25). The van der Waals surface area contributed by atoms with Gasteiger partial charge in [0.05, 0.1) is 0 Å². The van der Waals surface area contributed by atoms with Gasteiger partial charge in [0.1, 0.15) is 5.82 Å². The monoisotopic (exact) mass is 347 g/mol. The summed E-state index contributed by atoms with van der Waals surface area (Å²) in [6.07, 6.45) is 7.51. The van der Waals surface area contributed by atoms with E-state index in [4.69, 9.17) is 0 Å². The summed E-state index contributed by atoms with van der Waals surface area (Å²) < 4.78 is 12.8. The molecule has 5 nitrogen and oxygen atoms in total. The van der Waals surface area contributed by atoms with Crippen molar-refractivity contribution in [3.05, 3.63) is 30.1 Å². The quantitative estimate of drug-likeness (QED) is 0.875. The van der Waals surface area contributed by atoms with Crippen LogP contribution in [0.4, 0.5) is 14.9 Å². The van der Waals surface area contributed by atoms with Gasteiger partial charge < -0.3 is 15.5 Å². The molecule has 0 spiro atoms. The summed E-state index contributed by atoms with van der Waals surface area (Å²) >= 11 is 0. The van der Waals surface area contributed by atoms with E-state index in [9.17, 15) is 14.0 Å². The Morgan fingerprint density at radius 3 is 2.60 bits per heavy atom. The Bertz CT molecular complexity index is 603. The number of likely N-dealkylation sites (tertiary alicyclic amines) is 1. The Kier molecular flexibility index (Phi) is 5.89. The largest absolute Gasteiger partial charge is 0.339 e. The predicted octanol–water partition coefficient (Wildman–Crippen LogP) is 3.52. The van der Waals surface area contributed by atoms with Crippen LogP contribution in [0.15, 0.2) is 24.3 Å². The van der Waals surface area contributed by atoms with Crippen molar-refractivity contribution in [3.8, 4) is 0 Å². The maximum absolute atomic E-state index is 12.8. The number of amides is 3. The van der Waals surface area contributed by atoms with E-state index >= 15 is 0 Å². The van der Waals surface area contributed by atoms with E-state index in [1.54, 1.807) is 0 Å². The van der Waals surface area contributed by atoms with Gasteiger partial charge in [-0.2, -0.15) is 0 Å². The molecule has 2 aliphatic rings. The van der Waals surface area contributed by atoms with Gasteiger partial charge in [0.25, 0.3) is 0 Å². The zero-order valence-electron chi connectivity index (χ0n) is 14.5. The number of benzene rings is 1. The predicted molar refractivity (Wildman–Crippen MR) is 94.7 cm³/mol. The summed E-state index contributed by atoms with van der Waals surface area (Å²) in [5.41, 5.74) is 0.520. The maximum atomic E-state index is 12.8. The fraction of sp³-hybridized carbons (Fsp3) is 0.579. The summed E-state index contributed by atoms with van der Waals surface area (Å²) in [6, 6.07) is 5.59. The molecule has 1 heterocycles. The Labute approximate surface area is 148 Å². The summed E-state index contributed by atoms with van der Waals surface area (Å²) in [4.78, 5) is 26.4. The first-order valence-electron chi connectivity index (χ1n) is 9.23. The lowest BCUT2D eigenvalue weighted by Crippen LogP contribution is -2.50. The van der Waals surface area contributed by atoms with E-state index in [0.29, 0.717) is 30.6 Å². The number of halogens is 1. The molecule has 25 heavy (non-hydrogen) atoms. The lowest BCUT2D eigenvalue weighted by Gasteiger charge is -2.44. The smallest absolute Gasteiger partial charge is 0.319 e. The fourth-order valence-corrected chi connectivity index (χ4v) is 4.07. The molecule has 0 aromatic heterocycles. The number of carbonyl (C=O) groups excluding carboxylic acids is 2. The van der Waals surface area contributed by atoms with Crippen molar-refractivity contribution in [2.24, 2.45) is 5.92 Å². The van der Waals surface area contributed by atoms with Gasteiger partial charge >= 0.3 is 6.03 Å². The summed E-state index contributed by atoms with van der Waals surface area (Å²) in [7, 11) is 0. The van der Waals surface area contributed by atoms with Gasteiger partial charge in [-0.15, -0.1) is 0 Å². The third-order valence-corrected chi connectivity index (χ3v) is 5.29. The van der Waals surface area contributed by atoms with Crippen molar-refractivity contribution in [1.82, 2.24) is 10.2 Å². The van der Waals surface area contributed by atoms with Crippen molar-refractivity contribution < 1.29 is 14.0 Å². The minimum atomic E-state index is -0.381. The minimum absolute atomic E-state index is 0.138. The highest BCUT2D eigenvalue weighted by molar-refractivity contribution is 5.89. The van der Waals surface area contributed by atoms with Crippen molar-refractivity contribution in [1.29, 1.82) is 0 Å². The summed E-state index contributed by atoms with van der Waals surface area (Å²) in [5, 5.41) is 5.32. The van der Waals surface area contributed by atoms with Crippen LogP contribution in [0.3, 0.4) is 0 Å². The third kappa shape index (κ3) is 4.71. The van der Waals surface area contributed by atoms with Gasteiger partial charge in [-0.25, -0.2) is 9.18 Å². The molecule has 3 rings (SSSR count). The van der Waals surface area contributed by atoms with E-state index in [-0.39, 0.29) is 17.8 Å². The van der Waals surface area contributed by atoms with E-state index in [1.807, 2.05) is 4.90 Å². The van der Waals surface area contributed by atoms with E-state index in [2.05, 4.69) is 10.6 Å². The van der Waals surface area contributed by atoms with Crippen LogP contribution in [0.25, 0.3) is 0 Å². The topological polar surface area (TPSA) is 61.4 Å². The molecular formula is C19H26FN3O2. The molecule has 136 valence electrons. The molecule has 0 bridgehead atoms. The second kappa shape index (κ2) is 8.32. The average molecular weight is 347 g/mol. The highest BCUT2D eigenvalue weighted by Crippen LogP contribution is 2.35. The summed E-state index contributed by atoms with van der Waals surface area (Å²) in [5.74, 6) is 0.457. The zero-order chi connectivity index (χ0) is 17.6. The molecule has 6 heteroatoms. The number of hydrogen-bond donors (Lipinski definition) is 2. The zero-order valence-corrected chi connectivity index (χ0v) is 14.5. The van der Waals surface area contributed by atoms with Crippen LogP contribution in [-0.4, -0.2) is 36.0 Å². The minimum Gasteiger partial charge on any atom is -0.339 e. The molecular weight excluding hydrogens is 321 g/mol. The van der Waals surface area contributed by atoms with Crippen molar-refractivity contribution in [3.63, 3.8) is 0 Å². The second-order valence-electron chi connectivity index (χ2n) is 6.98. The van der Waals surface area contributed by atoms with Gasteiger partial charge in [0.2, 0.25) is 5.91 Å². The van der Waals surface area contributed by atoms with E-state index < -0.39 is 0 Å². The van der Waals surface area contributed by atoms with Gasteiger partial charge in [-0.05, 0) is 55.9 Å². The summed E-state index contributed by atoms with van der Waals surface area (Å²) in [6.45, 7) is 1.15. The molecule has 1 saturated carbocycles. The Hall–Kier alpha value is -2.11. The maximum Gasteiger partial charge on any atom is 0.319 e. The van der Waals surface area contributed by atoms with Crippen LogP contribution in [0.5, 0.6) is 0 Å². The van der Waals surface area contributed by atoms with Crippen LogP contribution in [0.2, 0.25) is 0 Å². The van der Waals surface area contributed by atoms with Crippen molar-refractivity contribution in [2.75, 3.05) is 18.4 Å². The molecule has 1 aromatic rings. The first kappa shape index (κ1) is 17.7. The molecule has 2 unspecified atom stereocenters. The molecule has 2 N–H and O–H groups in total. The average Bonchev–Trinajstić information content (AvgIpc) is 2.63. The van der Waals surface area contributed by atoms with Gasteiger partial charge in [-0.1, -0.05) is 12.8 Å². The number of hydrogen-bond acceptors (Lipinski definition) is 2.